The lowest BCUT2D eigenvalue weighted by Crippen LogP contribution is -2.37. The summed E-state index contributed by atoms with van der Waals surface area (Å²) >= 11 is 0. The van der Waals surface area contributed by atoms with Crippen LogP contribution in [0.15, 0.2) is 59.9 Å². The van der Waals surface area contributed by atoms with Gasteiger partial charge in [-0.25, -0.2) is 5.48 Å². The van der Waals surface area contributed by atoms with Crippen LogP contribution in [0.5, 0.6) is 11.5 Å². The molecule has 1 N–H and O–H groups in total. The average Bonchev–Trinajstić information content (AvgIpc) is 2.77. The van der Waals surface area contributed by atoms with Crippen LogP contribution in [-0.2, 0) is 17.4 Å². The Morgan fingerprint density at radius 1 is 1.06 bits per heavy atom. The molecule has 166 valence electrons. The molecule has 32 heavy (non-hydrogen) atoms. The van der Waals surface area contributed by atoms with Gasteiger partial charge in [0.05, 0.1) is 36.2 Å². The van der Waals surface area contributed by atoms with E-state index in [1.165, 1.54) is 35.7 Å². The molecule has 4 rings (SSSR count). The standard InChI is InChI=1S/C23H21F3N4O2/c1-14-6-7-16(8-15(14)2)9-18-13-31-30-22(29-18)20-11-27-28-12-21(20)32-19-5-3-4-17(10-19)23(24,25)26/h3-8,10-12,18H,9,13H2,1-2H3,(H,29,30). The predicted molar refractivity (Wildman–Crippen MR) is 113 cm³/mol. The molecule has 1 aliphatic rings. The molecule has 0 radical (unpaired) electrons. The van der Waals surface area contributed by atoms with Crippen molar-refractivity contribution in [2.75, 3.05) is 6.61 Å². The average molecular weight is 442 g/mol. The number of nitrogens with zero attached hydrogens (tertiary/aromatic N) is 3. The Kier molecular flexibility index (Phi) is 6.09. The van der Waals surface area contributed by atoms with Gasteiger partial charge in [-0.15, -0.1) is 0 Å². The SMILES string of the molecule is Cc1ccc(CC2CONC(c3cnncc3Oc3cccc(C(F)(F)F)c3)=N2)cc1C. The molecule has 9 heteroatoms. The van der Waals surface area contributed by atoms with E-state index in [9.17, 15) is 13.2 Å². The second-order valence-electron chi connectivity index (χ2n) is 7.56. The molecule has 0 saturated carbocycles. The molecule has 0 saturated heterocycles. The van der Waals surface area contributed by atoms with E-state index < -0.39 is 11.7 Å². The first-order valence-electron chi connectivity index (χ1n) is 9.97. The van der Waals surface area contributed by atoms with E-state index in [1.807, 2.05) is 0 Å². The van der Waals surface area contributed by atoms with E-state index >= 15 is 0 Å². The van der Waals surface area contributed by atoms with Crippen LogP contribution in [0.2, 0.25) is 0 Å². The Labute approximate surface area is 183 Å². The first kappa shape index (κ1) is 21.8. The fourth-order valence-electron chi connectivity index (χ4n) is 3.32. The van der Waals surface area contributed by atoms with Crippen molar-refractivity contribution in [2.24, 2.45) is 4.99 Å². The van der Waals surface area contributed by atoms with Gasteiger partial charge in [-0.2, -0.15) is 23.4 Å². The van der Waals surface area contributed by atoms with Crippen LogP contribution in [-0.4, -0.2) is 28.7 Å². The van der Waals surface area contributed by atoms with Crippen LogP contribution in [0.4, 0.5) is 13.2 Å². The van der Waals surface area contributed by atoms with Crippen LogP contribution >= 0.6 is 0 Å². The van der Waals surface area contributed by atoms with E-state index in [-0.39, 0.29) is 17.5 Å². The quantitative estimate of drug-likeness (QED) is 0.615. The summed E-state index contributed by atoms with van der Waals surface area (Å²) in [7, 11) is 0. The number of ether oxygens (including phenoxy) is 1. The number of rotatable bonds is 5. The fourth-order valence-corrected chi connectivity index (χ4v) is 3.32. The summed E-state index contributed by atoms with van der Waals surface area (Å²) in [5.41, 5.74) is 5.95. The number of alkyl halides is 3. The van der Waals surface area contributed by atoms with Crippen LogP contribution in [0.25, 0.3) is 0 Å². The van der Waals surface area contributed by atoms with Gasteiger partial charge in [0.2, 0.25) is 0 Å². The number of amidine groups is 1. The van der Waals surface area contributed by atoms with E-state index in [0.717, 1.165) is 17.7 Å². The van der Waals surface area contributed by atoms with Gasteiger partial charge in [-0.05, 0) is 55.2 Å². The molecule has 1 atom stereocenters. The van der Waals surface area contributed by atoms with Gasteiger partial charge in [-0.3, -0.25) is 9.83 Å². The van der Waals surface area contributed by atoms with Gasteiger partial charge in [0.15, 0.2) is 11.6 Å². The van der Waals surface area contributed by atoms with Crippen LogP contribution in [0.3, 0.4) is 0 Å². The first-order chi connectivity index (χ1) is 15.3. The highest BCUT2D eigenvalue weighted by Gasteiger charge is 2.31. The lowest BCUT2D eigenvalue weighted by atomic mass is 10.0. The molecule has 0 spiro atoms. The molecule has 2 heterocycles. The molecule has 0 fully saturated rings. The highest BCUT2D eigenvalue weighted by molar-refractivity contribution is 6.00. The van der Waals surface area contributed by atoms with Gasteiger partial charge < -0.3 is 4.74 Å². The molecule has 2 aromatic carbocycles. The number of nitrogens with one attached hydrogen (secondary N) is 1. The van der Waals surface area contributed by atoms with Crippen LogP contribution in [0, 0.1) is 13.8 Å². The number of benzene rings is 2. The summed E-state index contributed by atoms with van der Waals surface area (Å²) in [6, 6.07) is 10.8. The summed E-state index contributed by atoms with van der Waals surface area (Å²) in [4.78, 5) is 10.2. The second kappa shape index (κ2) is 8.96. The van der Waals surface area contributed by atoms with Gasteiger partial charge in [-0.1, -0.05) is 24.3 Å². The fraction of sp³-hybridized carbons (Fsp3) is 0.261. The normalized spacial score (nSPS) is 16.3. The molecule has 0 bridgehead atoms. The third-order valence-corrected chi connectivity index (χ3v) is 5.14. The van der Waals surface area contributed by atoms with Gasteiger partial charge in [0.1, 0.15) is 5.75 Å². The van der Waals surface area contributed by atoms with Crippen LogP contribution < -0.4 is 10.2 Å². The number of hydroxylamine groups is 1. The minimum absolute atomic E-state index is 0.0260. The van der Waals surface area contributed by atoms with Gasteiger partial charge in [0.25, 0.3) is 0 Å². The number of aliphatic imine (C=N–C) groups is 1. The predicted octanol–water partition coefficient (Wildman–Crippen LogP) is 4.80. The number of hydrogen-bond donors (Lipinski definition) is 1. The second-order valence-corrected chi connectivity index (χ2v) is 7.56. The molecule has 0 aliphatic carbocycles. The van der Waals surface area contributed by atoms with Crippen molar-refractivity contribution in [3.63, 3.8) is 0 Å². The molecule has 1 aromatic heterocycles. The Hall–Kier alpha value is -3.46. The number of hydrogen-bond acceptors (Lipinski definition) is 6. The number of aromatic nitrogens is 2. The Morgan fingerprint density at radius 3 is 2.66 bits per heavy atom. The Morgan fingerprint density at radius 2 is 1.88 bits per heavy atom. The van der Waals surface area contributed by atoms with Crippen molar-refractivity contribution in [3.8, 4) is 11.5 Å². The summed E-state index contributed by atoms with van der Waals surface area (Å²) in [5.74, 6) is 0.612. The third-order valence-electron chi connectivity index (χ3n) is 5.14. The Balaban J connectivity index is 1.58. The van der Waals surface area contributed by atoms with Gasteiger partial charge >= 0.3 is 6.18 Å². The monoisotopic (exact) mass is 442 g/mol. The van der Waals surface area contributed by atoms with Crippen molar-refractivity contribution in [1.29, 1.82) is 0 Å². The molecular weight excluding hydrogens is 421 g/mol. The maximum absolute atomic E-state index is 13.0. The van der Waals surface area contributed by atoms with Crippen molar-refractivity contribution < 1.29 is 22.7 Å². The van der Waals surface area contributed by atoms with Crippen molar-refractivity contribution in [3.05, 3.63) is 82.7 Å². The highest BCUT2D eigenvalue weighted by Crippen LogP contribution is 2.33. The highest BCUT2D eigenvalue weighted by atomic mass is 19.4. The van der Waals surface area contributed by atoms with E-state index in [0.29, 0.717) is 24.4 Å². The molecule has 1 unspecified atom stereocenters. The summed E-state index contributed by atoms with van der Waals surface area (Å²) in [5, 5.41) is 7.65. The van der Waals surface area contributed by atoms with Crippen LogP contribution in [0.1, 0.15) is 27.8 Å². The summed E-state index contributed by atoms with van der Waals surface area (Å²) < 4.78 is 44.8. The van der Waals surface area contributed by atoms with Crippen molar-refractivity contribution in [1.82, 2.24) is 15.7 Å². The van der Waals surface area contributed by atoms with E-state index in [1.54, 1.807) is 0 Å². The van der Waals surface area contributed by atoms with E-state index in [4.69, 9.17) is 14.6 Å². The lowest BCUT2D eigenvalue weighted by molar-refractivity contribution is -0.137. The topological polar surface area (TPSA) is 68.6 Å². The zero-order valence-corrected chi connectivity index (χ0v) is 17.5. The number of halogens is 3. The molecule has 0 amide bonds. The summed E-state index contributed by atoms with van der Waals surface area (Å²) in [6.45, 7) is 4.50. The third kappa shape index (κ3) is 5.05. The smallest absolute Gasteiger partial charge is 0.416 e. The zero-order valence-electron chi connectivity index (χ0n) is 17.5. The van der Waals surface area contributed by atoms with Crippen molar-refractivity contribution >= 4 is 5.84 Å². The van der Waals surface area contributed by atoms with Gasteiger partial charge in [0, 0.05) is 0 Å². The minimum atomic E-state index is -4.47. The maximum Gasteiger partial charge on any atom is 0.416 e. The minimum Gasteiger partial charge on any atom is -0.455 e. The zero-order chi connectivity index (χ0) is 22.7. The first-order valence-corrected chi connectivity index (χ1v) is 9.97. The largest absolute Gasteiger partial charge is 0.455 e. The summed E-state index contributed by atoms with van der Waals surface area (Å²) in [6.07, 6.45) is -1.04. The molecule has 1 aliphatic heterocycles. The molecule has 6 nitrogen and oxygen atoms in total. The molecular formula is C23H21F3N4O2. The maximum atomic E-state index is 13.0. The molecule has 3 aromatic rings. The van der Waals surface area contributed by atoms with E-state index in [2.05, 4.69) is 47.7 Å². The Bertz CT molecular complexity index is 1150. The number of aryl methyl sites for hydroxylation is 2. The lowest BCUT2D eigenvalue weighted by Gasteiger charge is -2.23. The van der Waals surface area contributed by atoms with Crippen molar-refractivity contribution in [2.45, 2.75) is 32.5 Å².